The molecule has 0 amide bonds. The van der Waals surface area contributed by atoms with Gasteiger partial charge in [0, 0.05) is 11.9 Å². The number of aromatic carboxylic acids is 1. The van der Waals surface area contributed by atoms with Crippen molar-refractivity contribution < 1.29 is 9.90 Å². The van der Waals surface area contributed by atoms with Crippen molar-refractivity contribution in [1.29, 1.82) is 0 Å². The molecule has 5 nitrogen and oxygen atoms in total. The third-order valence-corrected chi connectivity index (χ3v) is 3.49. The first kappa shape index (κ1) is 12.8. The monoisotopic (exact) mass is 283 g/mol. The number of aromatic nitrogens is 2. The highest BCUT2D eigenvalue weighted by Gasteiger charge is 2.09. The van der Waals surface area contributed by atoms with Gasteiger partial charge in [0.25, 0.3) is 0 Å². The standard InChI is InChI=1S/C11H10ClN3O2S/c1-15(6-7-2-3-9(12)18-7)10-5-13-8(4-14-10)11(16)17/h2-5H,6H2,1H3,(H,16,17). The topological polar surface area (TPSA) is 66.3 Å². The zero-order chi connectivity index (χ0) is 13.1. The summed E-state index contributed by atoms with van der Waals surface area (Å²) in [6.45, 7) is 0.651. The molecule has 18 heavy (non-hydrogen) atoms. The van der Waals surface area contributed by atoms with E-state index in [0.29, 0.717) is 12.4 Å². The van der Waals surface area contributed by atoms with Crippen molar-refractivity contribution in [1.82, 2.24) is 9.97 Å². The lowest BCUT2D eigenvalue weighted by Gasteiger charge is -2.16. The van der Waals surface area contributed by atoms with Crippen LogP contribution in [0.15, 0.2) is 24.5 Å². The Morgan fingerprint density at radius 1 is 1.44 bits per heavy atom. The van der Waals surface area contributed by atoms with E-state index in [4.69, 9.17) is 16.7 Å². The van der Waals surface area contributed by atoms with Crippen molar-refractivity contribution in [3.8, 4) is 0 Å². The maximum absolute atomic E-state index is 10.6. The molecular formula is C11H10ClN3O2S. The minimum atomic E-state index is -1.08. The Morgan fingerprint density at radius 2 is 2.22 bits per heavy atom. The lowest BCUT2D eigenvalue weighted by Crippen LogP contribution is -2.17. The van der Waals surface area contributed by atoms with Crippen LogP contribution in [0.1, 0.15) is 15.4 Å². The molecule has 0 saturated heterocycles. The van der Waals surface area contributed by atoms with E-state index >= 15 is 0 Å². The van der Waals surface area contributed by atoms with E-state index in [0.717, 1.165) is 9.21 Å². The Kier molecular flexibility index (Phi) is 3.78. The third kappa shape index (κ3) is 2.96. The van der Waals surface area contributed by atoms with Crippen LogP contribution in [-0.2, 0) is 6.54 Å². The highest BCUT2D eigenvalue weighted by atomic mass is 35.5. The van der Waals surface area contributed by atoms with Crippen molar-refractivity contribution in [2.24, 2.45) is 0 Å². The van der Waals surface area contributed by atoms with E-state index in [2.05, 4.69) is 9.97 Å². The van der Waals surface area contributed by atoms with Crippen molar-refractivity contribution in [2.75, 3.05) is 11.9 Å². The van der Waals surface area contributed by atoms with Crippen LogP contribution >= 0.6 is 22.9 Å². The number of anilines is 1. The highest BCUT2D eigenvalue weighted by molar-refractivity contribution is 7.16. The minimum absolute atomic E-state index is 0.0636. The number of carbonyl (C=O) groups is 1. The van der Waals surface area contributed by atoms with Crippen LogP contribution in [-0.4, -0.2) is 28.1 Å². The van der Waals surface area contributed by atoms with Gasteiger partial charge in [0.05, 0.1) is 23.3 Å². The summed E-state index contributed by atoms with van der Waals surface area (Å²) in [6.07, 6.45) is 2.69. The van der Waals surface area contributed by atoms with E-state index in [1.165, 1.54) is 23.7 Å². The van der Waals surface area contributed by atoms with Crippen LogP contribution in [0.2, 0.25) is 4.34 Å². The van der Waals surface area contributed by atoms with Crippen LogP contribution in [0, 0.1) is 0 Å². The van der Waals surface area contributed by atoms with Gasteiger partial charge in [-0.05, 0) is 12.1 Å². The second-order valence-electron chi connectivity index (χ2n) is 3.63. The van der Waals surface area contributed by atoms with E-state index < -0.39 is 5.97 Å². The van der Waals surface area contributed by atoms with E-state index in [-0.39, 0.29) is 5.69 Å². The van der Waals surface area contributed by atoms with Crippen LogP contribution in [0.4, 0.5) is 5.82 Å². The molecule has 0 bridgehead atoms. The first-order valence-corrected chi connectivity index (χ1v) is 6.26. The SMILES string of the molecule is CN(Cc1ccc(Cl)s1)c1cnc(C(=O)O)cn1. The fraction of sp³-hybridized carbons (Fsp3) is 0.182. The number of halogens is 1. The fourth-order valence-corrected chi connectivity index (χ4v) is 2.52. The molecule has 2 rings (SSSR count). The maximum atomic E-state index is 10.6. The molecular weight excluding hydrogens is 274 g/mol. The molecule has 7 heteroatoms. The fourth-order valence-electron chi connectivity index (χ4n) is 1.38. The normalized spacial score (nSPS) is 10.3. The number of hydrogen-bond acceptors (Lipinski definition) is 5. The molecule has 0 saturated carbocycles. The van der Waals surface area contributed by atoms with Gasteiger partial charge in [0.1, 0.15) is 5.82 Å². The number of nitrogens with zero attached hydrogens (tertiary/aromatic N) is 3. The quantitative estimate of drug-likeness (QED) is 0.934. The molecule has 0 aliphatic carbocycles. The smallest absolute Gasteiger partial charge is 0.356 e. The zero-order valence-corrected chi connectivity index (χ0v) is 11.1. The molecule has 2 aromatic heterocycles. The third-order valence-electron chi connectivity index (χ3n) is 2.27. The molecule has 0 spiro atoms. The predicted octanol–water partition coefficient (Wildman–Crippen LogP) is 2.53. The number of thiophene rings is 1. The second-order valence-corrected chi connectivity index (χ2v) is 5.43. The Bertz CT molecular complexity index is 556. The van der Waals surface area contributed by atoms with Gasteiger partial charge in [0.2, 0.25) is 0 Å². The average Bonchev–Trinajstić information content (AvgIpc) is 2.75. The van der Waals surface area contributed by atoms with Gasteiger partial charge < -0.3 is 10.0 Å². The molecule has 0 unspecified atom stereocenters. The molecule has 0 fully saturated rings. The molecule has 0 radical (unpaired) electrons. The summed E-state index contributed by atoms with van der Waals surface area (Å²) in [5.74, 6) is -0.466. The van der Waals surface area contributed by atoms with Gasteiger partial charge in [-0.25, -0.2) is 14.8 Å². The van der Waals surface area contributed by atoms with Gasteiger partial charge in [-0.15, -0.1) is 11.3 Å². The Morgan fingerprint density at radius 3 is 2.72 bits per heavy atom. The summed E-state index contributed by atoms with van der Waals surface area (Å²) < 4.78 is 0.741. The first-order valence-electron chi connectivity index (χ1n) is 5.07. The Hall–Kier alpha value is -1.66. The van der Waals surface area contributed by atoms with Gasteiger partial charge in [0.15, 0.2) is 5.69 Å². The van der Waals surface area contributed by atoms with Crippen LogP contribution < -0.4 is 4.90 Å². The van der Waals surface area contributed by atoms with Gasteiger partial charge in [-0.1, -0.05) is 11.6 Å². The summed E-state index contributed by atoms with van der Waals surface area (Å²) in [4.78, 5) is 21.5. The summed E-state index contributed by atoms with van der Waals surface area (Å²) in [7, 11) is 1.86. The number of carboxylic acid groups (broad SMARTS) is 1. The highest BCUT2D eigenvalue weighted by Crippen LogP contribution is 2.23. The summed E-state index contributed by atoms with van der Waals surface area (Å²) in [5.41, 5.74) is -0.0636. The van der Waals surface area contributed by atoms with E-state index in [1.807, 2.05) is 24.1 Å². The summed E-state index contributed by atoms with van der Waals surface area (Å²) in [5, 5.41) is 8.72. The van der Waals surface area contributed by atoms with Gasteiger partial charge >= 0.3 is 5.97 Å². The van der Waals surface area contributed by atoms with Crippen LogP contribution in [0.5, 0.6) is 0 Å². The number of rotatable bonds is 4. The summed E-state index contributed by atoms with van der Waals surface area (Å²) in [6, 6.07) is 3.79. The van der Waals surface area contributed by atoms with Gasteiger partial charge in [-0.3, -0.25) is 0 Å². The van der Waals surface area contributed by atoms with Crippen molar-refractivity contribution in [3.63, 3.8) is 0 Å². The van der Waals surface area contributed by atoms with Gasteiger partial charge in [-0.2, -0.15) is 0 Å². The molecule has 0 atom stereocenters. The summed E-state index contributed by atoms with van der Waals surface area (Å²) >= 11 is 7.35. The molecule has 2 heterocycles. The lowest BCUT2D eigenvalue weighted by atomic mass is 10.4. The maximum Gasteiger partial charge on any atom is 0.356 e. The van der Waals surface area contributed by atoms with Crippen molar-refractivity contribution in [3.05, 3.63) is 39.4 Å². The number of carboxylic acids is 1. The second kappa shape index (κ2) is 5.32. The van der Waals surface area contributed by atoms with E-state index in [9.17, 15) is 4.79 Å². The largest absolute Gasteiger partial charge is 0.476 e. The Labute approximate surface area is 113 Å². The first-order chi connectivity index (χ1) is 8.56. The molecule has 2 aromatic rings. The molecule has 94 valence electrons. The lowest BCUT2D eigenvalue weighted by molar-refractivity contribution is 0.0690. The number of hydrogen-bond donors (Lipinski definition) is 1. The molecule has 0 aliphatic rings. The molecule has 0 aromatic carbocycles. The Balaban J connectivity index is 2.09. The zero-order valence-electron chi connectivity index (χ0n) is 9.50. The van der Waals surface area contributed by atoms with Crippen molar-refractivity contribution in [2.45, 2.75) is 6.54 Å². The average molecular weight is 284 g/mol. The molecule has 0 aliphatic heterocycles. The minimum Gasteiger partial charge on any atom is -0.476 e. The molecule has 1 N–H and O–H groups in total. The van der Waals surface area contributed by atoms with Crippen molar-refractivity contribution >= 4 is 34.7 Å². The van der Waals surface area contributed by atoms with E-state index in [1.54, 1.807) is 0 Å². The predicted molar refractivity (Wildman–Crippen MR) is 70.4 cm³/mol. The van der Waals surface area contributed by atoms with Crippen LogP contribution in [0.25, 0.3) is 0 Å². The van der Waals surface area contributed by atoms with Crippen LogP contribution in [0.3, 0.4) is 0 Å².